The topological polar surface area (TPSA) is 56.7 Å². The van der Waals surface area contributed by atoms with E-state index in [1.54, 1.807) is 18.1 Å². The van der Waals surface area contributed by atoms with Crippen molar-refractivity contribution in [2.75, 3.05) is 12.3 Å². The van der Waals surface area contributed by atoms with Gasteiger partial charge in [0.2, 0.25) is 0 Å². The Hall–Kier alpha value is -0.550. The van der Waals surface area contributed by atoms with Crippen molar-refractivity contribution in [2.45, 2.75) is 19.2 Å². The van der Waals surface area contributed by atoms with E-state index in [-0.39, 0.29) is 0 Å². The van der Waals surface area contributed by atoms with Crippen molar-refractivity contribution in [3.8, 4) is 0 Å². The molecule has 0 radical (unpaired) electrons. The second-order valence-electron chi connectivity index (χ2n) is 2.33. The summed E-state index contributed by atoms with van der Waals surface area (Å²) in [5.74, 6) is 2.93. The molecule has 0 aliphatic heterocycles. The Morgan fingerprint density at radius 3 is 3.17 bits per heavy atom. The van der Waals surface area contributed by atoms with Crippen LogP contribution in [-0.2, 0) is 12.3 Å². The first kappa shape index (κ1) is 9.54. The van der Waals surface area contributed by atoms with Gasteiger partial charge in [-0.05, 0) is 6.92 Å². The molecule has 0 aromatic carbocycles. The fraction of sp³-hybridized carbons (Fsp3) is 0.714. The minimum absolute atomic E-state index is 0.727. The summed E-state index contributed by atoms with van der Waals surface area (Å²) in [6.45, 7) is 3.68. The molecule has 0 saturated carbocycles. The highest BCUT2D eigenvalue weighted by Gasteiger charge is 2.00. The van der Waals surface area contributed by atoms with E-state index in [1.807, 2.05) is 4.68 Å². The van der Waals surface area contributed by atoms with Gasteiger partial charge in [-0.15, -0.1) is 0 Å². The van der Waals surface area contributed by atoms with Gasteiger partial charge in [0.25, 0.3) is 0 Å². The summed E-state index contributed by atoms with van der Waals surface area (Å²) in [5, 5.41) is 4.07. The number of hydrogen-bond acceptors (Lipinski definition) is 4. The molecule has 5 heteroatoms. The highest BCUT2D eigenvalue weighted by Crippen LogP contribution is 2.07. The molecule has 2 N–H and O–H groups in total. The van der Waals surface area contributed by atoms with E-state index in [4.69, 9.17) is 5.73 Å². The lowest BCUT2D eigenvalue weighted by Crippen LogP contribution is -2.05. The summed E-state index contributed by atoms with van der Waals surface area (Å²) >= 11 is 1.79. The van der Waals surface area contributed by atoms with Crippen molar-refractivity contribution >= 4 is 11.8 Å². The zero-order valence-electron chi connectivity index (χ0n) is 7.23. The Balaban J connectivity index is 2.39. The van der Waals surface area contributed by atoms with Crippen LogP contribution in [0.4, 0.5) is 0 Å². The average molecular weight is 186 g/mol. The molecule has 4 nitrogen and oxygen atoms in total. The summed E-state index contributed by atoms with van der Waals surface area (Å²) in [4.78, 5) is 4.15. The smallest absolute Gasteiger partial charge is 0.138 e. The van der Waals surface area contributed by atoms with Gasteiger partial charge in [-0.3, -0.25) is 0 Å². The molecule has 1 aromatic heterocycles. The molecular weight excluding hydrogens is 172 g/mol. The highest BCUT2D eigenvalue weighted by molar-refractivity contribution is 7.98. The van der Waals surface area contributed by atoms with Gasteiger partial charge in [0.05, 0.1) is 5.75 Å². The zero-order chi connectivity index (χ0) is 8.81. The Morgan fingerprint density at radius 2 is 2.50 bits per heavy atom. The first-order valence-corrected chi connectivity index (χ1v) is 5.18. The van der Waals surface area contributed by atoms with Gasteiger partial charge in [0.1, 0.15) is 12.2 Å². The number of aryl methyl sites for hydroxylation is 1. The molecule has 0 fully saturated rings. The van der Waals surface area contributed by atoms with E-state index in [0.717, 1.165) is 30.4 Å². The third-order valence-corrected chi connectivity index (χ3v) is 2.48. The molecule has 0 aliphatic carbocycles. The molecular formula is C7H14N4S. The first-order chi connectivity index (χ1) is 5.88. The Labute approximate surface area is 76.5 Å². The standard InChI is InChI=1S/C7H14N4S/c1-2-11-7(9-6-10-11)5-12-4-3-8/h6H,2-5,8H2,1H3. The van der Waals surface area contributed by atoms with E-state index in [9.17, 15) is 0 Å². The van der Waals surface area contributed by atoms with E-state index in [2.05, 4.69) is 17.0 Å². The lowest BCUT2D eigenvalue weighted by Gasteiger charge is -2.01. The number of nitrogens with zero attached hydrogens (tertiary/aromatic N) is 3. The van der Waals surface area contributed by atoms with E-state index >= 15 is 0 Å². The van der Waals surface area contributed by atoms with Crippen LogP contribution in [0.2, 0.25) is 0 Å². The van der Waals surface area contributed by atoms with Crippen LogP contribution in [0.5, 0.6) is 0 Å². The van der Waals surface area contributed by atoms with Gasteiger partial charge in [-0.1, -0.05) is 0 Å². The van der Waals surface area contributed by atoms with Crippen LogP contribution in [0.25, 0.3) is 0 Å². The lowest BCUT2D eigenvalue weighted by atomic mass is 10.6. The summed E-state index contributed by atoms with van der Waals surface area (Å²) in [6.07, 6.45) is 1.60. The minimum atomic E-state index is 0.727. The van der Waals surface area contributed by atoms with Gasteiger partial charge < -0.3 is 5.73 Å². The number of hydrogen-bond donors (Lipinski definition) is 1. The third-order valence-electron chi connectivity index (χ3n) is 1.49. The second-order valence-corrected chi connectivity index (χ2v) is 3.44. The fourth-order valence-corrected chi connectivity index (χ4v) is 1.63. The van der Waals surface area contributed by atoms with Crippen molar-refractivity contribution in [3.63, 3.8) is 0 Å². The third kappa shape index (κ3) is 2.49. The normalized spacial score (nSPS) is 10.5. The van der Waals surface area contributed by atoms with Gasteiger partial charge in [0, 0.05) is 18.8 Å². The van der Waals surface area contributed by atoms with E-state index < -0.39 is 0 Å². The van der Waals surface area contributed by atoms with Gasteiger partial charge in [0.15, 0.2) is 0 Å². The minimum Gasteiger partial charge on any atom is -0.330 e. The fourth-order valence-electron chi connectivity index (χ4n) is 0.911. The van der Waals surface area contributed by atoms with Crippen LogP contribution in [0, 0.1) is 0 Å². The molecule has 0 atom stereocenters. The largest absolute Gasteiger partial charge is 0.330 e. The summed E-state index contributed by atoms with van der Waals surface area (Å²) in [5.41, 5.74) is 5.37. The number of aromatic nitrogens is 3. The van der Waals surface area contributed by atoms with Gasteiger partial charge >= 0.3 is 0 Å². The zero-order valence-corrected chi connectivity index (χ0v) is 8.05. The molecule has 1 rings (SSSR count). The molecule has 0 aliphatic rings. The van der Waals surface area contributed by atoms with Crippen LogP contribution in [0.3, 0.4) is 0 Å². The van der Waals surface area contributed by atoms with E-state index in [1.165, 1.54) is 0 Å². The summed E-state index contributed by atoms with van der Waals surface area (Å²) < 4.78 is 1.91. The van der Waals surface area contributed by atoms with Gasteiger partial charge in [-0.25, -0.2) is 9.67 Å². The predicted octanol–water partition coefficient (Wildman–Crippen LogP) is 0.490. The van der Waals surface area contributed by atoms with Crippen molar-refractivity contribution in [2.24, 2.45) is 5.73 Å². The predicted molar refractivity (Wildman–Crippen MR) is 50.9 cm³/mol. The van der Waals surface area contributed by atoms with Crippen molar-refractivity contribution in [3.05, 3.63) is 12.2 Å². The van der Waals surface area contributed by atoms with Crippen LogP contribution in [0.15, 0.2) is 6.33 Å². The molecule has 0 unspecified atom stereocenters. The molecule has 12 heavy (non-hydrogen) atoms. The van der Waals surface area contributed by atoms with Crippen LogP contribution in [-0.4, -0.2) is 27.1 Å². The maximum absolute atomic E-state index is 5.37. The molecule has 1 aromatic rings. The quantitative estimate of drug-likeness (QED) is 0.680. The number of nitrogens with two attached hydrogens (primary N) is 1. The van der Waals surface area contributed by atoms with E-state index in [0.29, 0.717) is 0 Å². The second kappa shape index (κ2) is 5.16. The molecule has 1 heterocycles. The monoisotopic (exact) mass is 186 g/mol. The van der Waals surface area contributed by atoms with Crippen LogP contribution in [0.1, 0.15) is 12.7 Å². The van der Waals surface area contributed by atoms with Gasteiger partial charge in [-0.2, -0.15) is 16.9 Å². The van der Waals surface area contributed by atoms with Crippen molar-refractivity contribution in [1.29, 1.82) is 0 Å². The molecule has 0 amide bonds. The van der Waals surface area contributed by atoms with Crippen molar-refractivity contribution < 1.29 is 0 Å². The van der Waals surface area contributed by atoms with Crippen LogP contribution < -0.4 is 5.73 Å². The maximum Gasteiger partial charge on any atom is 0.138 e. The number of thioether (sulfide) groups is 1. The summed E-state index contributed by atoms with van der Waals surface area (Å²) in [7, 11) is 0. The summed E-state index contributed by atoms with van der Waals surface area (Å²) in [6, 6.07) is 0. The Kier molecular flexibility index (Phi) is 4.10. The lowest BCUT2D eigenvalue weighted by molar-refractivity contribution is 0.632. The first-order valence-electron chi connectivity index (χ1n) is 4.03. The Morgan fingerprint density at radius 1 is 1.67 bits per heavy atom. The molecule has 0 spiro atoms. The SMILES string of the molecule is CCn1ncnc1CSCCN. The maximum atomic E-state index is 5.37. The molecule has 0 bridgehead atoms. The molecule has 0 saturated heterocycles. The average Bonchev–Trinajstić information content (AvgIpc) is 2.52. The highest BCUT2D eigenvalue weighted by atomic mass is 32.2. The number of rotatable bonds is 5. The van der Waals surface area contributed by atoms with Crippen molar-refractivity contribution in [1.82, 2.24) is 14.8 Å². The van der Waals surface area contributed by atoms with Crippen LogP contribution >= 0.6 is 11.8 Å². The Bertz CT molecular complexity index is 223. The molecule has 68 valence electrons.